The maximum Gasteiger partial charge on any atom is 1.00 e. The first-order valence-electron chi connectivity index (χ1n) is 6.46. The van der Waals surface area contributed by atoms with E-state index >= 15 is 0 Å². The zero-order chi connectivity index (χ0) is 14.9. The predicted octanol–water partition coefficient (Wildman–Crippen LogP) is -1.01. The van der Waals surface area contributed by atoms with Gasteiger partial charge in [0.05, 0.1) is 15.9 Å². The molecule has 0 saturated carbocycles. The summed E-state index contributed by atoms with van der Waals surface area (Å²) in [6.45, 7) is 7.65. The molecule has 0 amide bonds. The molecule has 0 aromatic carbocycles. The molecule has 0 saturated heterocycles. The maximum absolute atomic E-state index is 9.79. The Labute approximate surface area is 141 Å². The molecule has 0 rings (SSSR count). The van der Waals surface area contributed by atoms with Gasteiger partial charge in [-0.1, -0.05) is 40.0 Å². The molecule has 0 bridgehead atoms. The summed E-state index contributed by atoms with van der Waals surface area (Å²) in [4.78, 5) is 0. The second kappa shape index (κ2) is 23.9. The molecule has 0 atom stereocenters. The van der Waals surface area contributed by atoms with Crippen LogP contribution in [0.25, 0.3) is 0 Å². The van der Waals surface area contributed by atoms with Crippen molar-refractivity contribution in [2.24, 2.45) is 0 Å². The average molecular weight is 307 g/mol. The molecule has 0 fully saturated rings. The molecule has 19 heavy (non-hydrogen) atoms. The van der Waals surface area contributed by atoms with Gasteiger partial charge in [-0.2, -0.15) is 0 Å². The molecular formula is C12H30NNaO4S. The minimum atomic E-state index is -4.00. The molecule has 0 aliphatic carbocycles. The number of ether oxygens (including phenoxy) is 1. The number of hydrogen-bond acceptors (Lipinski definition) is 5. The molecule has 0 radical (unpaired) electrons. The largest absolute Gasteiger partial charge is 1.00 e. The van der Waals surface area contributed by atoms with Crippen LogP contribution in [-0.2, 0) is 14.9 Å². The van der Waals surface area contributed by atoms with Gasteiger partial charge in [0.1, 0.15) is 0 Å². The fourth-order valence-electron chi connectivity index (χ4n) is 0.516. The quantitative estimate of drug-likeness (QED) is 0.371. The predicted molar refractivity (Wildman–Crippen MR) is 75.9 cm³/mol. The van der Waals surface area contributed by atoms with Crippen LogP contribution in [0.4, 0.5) is 0 Å². The van der Waals surface area contributed by atoms with E-state index in [1.165, 1.54) is 25.7 Å². The van der Waals surface area contributed by atoms with Gasteiger partial charge in [0.25, 0.3) is 0 Å². The molecule has 0 aliphatic rings. The van der Waals surface area contributed by atoms with E-state index in [0.29, 0.717) is 0 Å². The monoisotopic (exact) mass is 307 g/mol. The third-order valence-electron chi connectivity index (χ3n) is 1.80. The summed E-state index contributed by atoms with van der Waals surface area (Å²) in [5, 5.41) is 2.55. The summed E-state index contributed by atoms with van der Waals surface area (Å²) < 4.78 is 34.2. The molecule has 1 N–H and O–H groups in total. The molecule has 0 spiro atoms. The summed E-state index contributed by atoms with van der Waals surface area (Å²) in [5.41, 5.74) is 0. The van der Waals surface area contributed by atoms with Crippen LogP contribution in [0, 0.1) is 0 Å². The Balaban J connectivity index is -0.0000000916. The van der Waals surface area contributed by atoms with Gasteiger partial charge in [0, 0.05) is 20.3 Å². The van der Waals surface area contributed by atoms with Crippen LogP contribution in [-0.4, -0.2) is 46.0 Å². The molecule has 114 valence electrons. The van der Waals surface area contributed by atoms with Gasteiger partial charge in [0.15, 0.2) is 0 Å². The Hall–Kier alpha value is 0.830. The molecule has 7 heteroatoms. The zero-order valence-corrected chi connectivity index (χ0v) is 16.3. The second-order valence-electron chi connectivity index (χ2n) is 3.71. The van der Waals surface area contributed by atoms with E-state index in [1.54, 1.807) is 14.2 Å². The normalized spacial score (nSPS) is 9.37. The summed E-state index contributed by atoms with van der Waals surface area (Å²) in [6, 6.07) is 0. The van der Waals surface area contributed by atoms with Crippen molar-refractivity contribution < 1.29 is 47.3 Å². The molecule has 0 aromatic heterocycles. The Kier molecular flexibility index (Phi) is 35.3. The van der Waals surface area contributed by atoms with Crippen LogP contribution in [0.1, 0.15) is 46.5 Å². The molecular weight excluding hydrogens is 277 g/mol. The Bertz CT molecular complexity index is 218. The fourth-order valence-corrected chi connectivity index (χ4v) is 0.970. The van der Waals surface area contributed by atoms with E-state index < -0.39 is 10.1 Å². The minimum absolute atomic E-state index is 0. The van der Waals surface area contributed by atoms with Crippen molar-refractivity contribution in [3.63, 3.8) is 0 Å². The van der Waals surface area contributed by atoms with Crippen LogP contribution in [0.5, 0.6) is 0 Å². The summed E-state index contributed by atoms with van der Waals surface area (Å²) >= 11 is 0. The second-order valence-corrected chi connectivity index (χ2v) is 5.24. The van der Waals surface area contributed by atoms with Gasteiger partial charge in [-0.25, -0.2) is 8.42 Å². The molecule has 0 aliphatic heterocycles. The Morgan fingerprint density at radius 1 is 1.11 bits per heavy atom. The standard InChI is InChI=1S/C5H12O.C4H10.C3H9NO3S.Na/c1-3-4-5-6-2;1-3-4-2;1-4-2-3-8(5,6)7;/h3-5H2,1-2H3;3-4H2,1-2H3;4H,2-3H2,1H3,(H,5,6,7);/q;;;+1/p-1. The van der Waals surface area contributed by atoms with Gasteiger partial charge in [-0.3, -0.25) is 0 Å². The third kappa shape index (κ3) is 55.2. The zero-order valence-electron chi connectivity index (χ0n) is 13.5. The first-order valence-corrected chi connectivity index (χ1v) is 8.04. The van der Waals surface area contributed by atoms with Crippen molar-refractivity contribution in [3.05, 3.63) is 0 Å². The van der Waals surface area contributed by atoms with Crippen LogP contribution in [0.2, 0.25) is 0 Å². The van der Waals surface area contributed by atoms with E-state index in [1.807, 2.05) is 0 Å². The number of methoxy groups -OCH3 is 1. The summed E-state index contributed by atoms with van der Waals surface area (Å²) in [5.74, 6) is -0.330. The van der Waals surface area contributed by atoms with Gasteiger partial charge in [-0.05, 0) is 13.5 Å². The first-order chi connectivity index (χ1) is 8.39. The maximum atomic E-state index is 9.79. The van der Waals surface area contributed by atoms with Crippen molar-refractivity contribution in [3.8, 4) is 0 Å². The topological polar surface area (TPSA) is 78.5 Å². The fraction of sp³-hybridized carbons (Fsp3) is 1.00. The van der Waals surface area contributed by atoms with Gasteiger partial charge in [-0.15, -0.1) is 0 Å². The smallest absolute Gasteiger partial charge is 0.748 e. The van der Waals surface area contributed by atoms with E-state index in [9.17, 15) is 13.0 Å². The van der Waals surface area contributed by atoms with Crippen molar-refractivity contribution in [1.82, 2.24) is 5.32 Å². The van der Waals surface area contributed by atoms with Gasteiger partial charge < -0.3 is 14.6 Å². The summed E-state index contributed by atoms with van der Waals surface area (Å²) in [7, 11) is -0.678. The van der Waals surface area contributed by atoms with Crippen molar-refractivity contribution in [2.75, 3.05) is 33.1 Å². The molecule has 0 unspecified atom stereocenters. The average Bonchev–Trinajstić information content (AvgIpc) is 2.34. The Morgan fingerprint density at radius 2 is 1.58 bits per heavy atom. The molecule has 5 nitrogen and oxygen atoms in total. The van der Waals surface area contributed by atoms with Crippen LogP contribution in [0.3, 0.4) is 0 Å². The minimum Gasteiger partial charge on any atom is -0.748 e. The van der Waals surface area contributed by atoms with E-state index in [2.05, 4.69) is 26.1 Å². The third-order valence-corrected chi connectivity index (χ3v) is 2.51. The number of nitrogens with one attached hydrogen (secondary N) is 1. The van der Waals surface area contributed by atoms with E-state index in [-0.39, 0.29) is 41.9 Å². The van der Waals surface area contributed by atoms with Crippen LogP contribution in [0.15, 0.2) is 0 Å². The van der Waals surface area contributed by atoms with E-state index in [4.69, 9.17) is 4.74 Å². The number of hydrogen-bond donors (Lipinski definition) is 1. The number of rotatable bonds is 7. The van der Waals surface area contributed by atoms with Crippen LogP contribution < -0.4 is 34.9 Å². The van der Waals surface area contributed by atoms with Gasteiger partial charge in [0.2, 0.25) is 0 Å². The summed E-state index contributed by atoms with van der Waals surface area (Å²) in [6.07, 6.45) is 5.06. The van der Waals surface area contributed by atoms with Crippen LogP contribution >= 0.6 is 0 Å². The molecule has 0 heterocycles. The SMILES string of the molecule is CCCC.CCCCOC.CNCCS(=O)(=O)[O-].[Na+]. The van der Waals surface area contributed by atoms with Crippen molar-refractivity contribution in [2.45, 2.75) is 46.5 Å². The molecule has 0 aromatic rings. The van der Waals surface area contributed by atoms with Crippen molar-refractivity contribution >= 4 is 10.1 Å². The van der Waals surface area contributed by atoms with Gasteiger partial charge >= 0.3 is 29.6 Å². The first kappa shape index (κ1) is 28.1. The number of unbranched alkanes of at least 4 members (excludes halogenated alkanes) is 2. The Morgan fingerprint density at radius 3 is 1.68 bits per heavy atom. The van der Waals surface area contributed by atoms with Crippen molar-refractivity contribution in [1.29, 1.82) is 0 Å². The van der Waals surface area contributed by atoms with E-state index in [0.717, 1.165) is 6.61 Å².